The van der Waals surface area contributed by atoms with Crippen LogP contribution in [0.3, 0.4) is 0 Å². The van der Waals surface area contributed by atoms with Gasteiger partial charge in [-0.25, -0.2) is 9.59 Å². The van der Waals surface area contributed by atoms with Crippen molar-refractivity contribution in [3.05, 3.63) is 46.8 Å². The number of fused-ring (bicyclic) bond motifs is 1. The second-order valence-corrected chi connectivity index (χ2v) is 7.82. The first kappa shape index (κ1) is 23.6. The normalized spacial score (nSPS) is 26.8. The highest BCUT2D eigenvalue weighted by atomic mass is 16.6. The summed E-state index contributed by atoms with van der Waals surface area (Å²) in [6, 6.07) is 0. The summed E-state index contributed by atoms with van der Waals surface area (Å²) in [6.45, 7) is 9.64. The highest BCUT2D eigenvalue weighted by Crippen LogP contribution is 2.37. The first-order chi connectivity index (χ1) is 13.9. The maximum atomic E-state index is 12.5. The van der Waals surface area contributed by atoms with Crippen molar-refractivity contribution in [1.82, 2.24) is 0 Å². The van der Waals surface area contributed by atoms with Crippen LogP contribution < -0.4 is 0 Å². The lowest BCUT2D eigenvalue weighted by atomic mass is 9.89. The van der Waals surface area contributed by atoms with Gasteiger partial charge in [-0.1, -0.05) is 12.2 Å². The summed E-state index contributed by atoms with van der Waals surface area (Å²) >= 11 is 0. The summed E-state index contributed by atoms with van der Waals surface area (Å²) in [4.78, 5) is 36.2. The van der Waals surface area contributed by atoms with E-state index in [4.69, 9.17) is 18.9 Å². The number of carbonyl (C=O) groups excluding carboxylic acids is 3. The van der Waals surface area contributed by atoms with Crippen LogP contribution in [0.1, 0.15) is 40.5 Å². The lowest BCUT2D eigenvalue weighted by Gasteiger charge is -2.28. The summed E-state index contributed by atoms with van der Waals surface area (Å²) in [6.07, 6.45) is 1.73. The molecule has 0 saturated carbocycles. The Hall–Kier alpha value is -2.71. The number of ether oxygens (including phenoxy) is 4. The third kappa shape index (κ3) is 5.90. The number of carbonyl (C=O) groups is 3. The molecule has 1 aliphatic heterocycles. The second kappa shape index (κ2) is 9.40. The molecule has 0 spiro atoms. The van der Waals surface area contributed by atoms with Crippen molar-refractivity contribution in [2.45, 2.75) is 58.3 Å². The van der Waals surface area contributed by atoms with E-state index in [1.165, 1.54) is 34.0 Å². The minimum atomic E-state index is -1.49. The predicted octanol–water partition coefficient (Wildman–Crippen LogP) is 2.28. The molecule has 30 heavy (non-hydrogen) atoms. The van der Waals surface area contributed by atoms with Crippen LogP contribution in [0.4, 0.5) is 0 Å². The number of hydrogen-bond donors (Lipinski definition) is 1. The molecule has 3 unspecified atom stereocenters. The fourth-order valence-corrected chi connectivity index (χ4v) is 3.42. The molecule has 0 aromatic rings. The minimum Gasteiger partial charge on any atom is -0.458 e. The van der Waals surface area contributed by atoms with E-state index in [9.17, 15) is 19.5 Å². The Labute approximate surface area is 175 Å². The lowest BCUT2D eigenvalue weighted by Crippen LogP contribution is -2.32. The van der Waals surface area contributed by atoms with Crippen molar-refractivity contribution in [3.63, 3.8) is 0 Å². The average Bonchev–Trinajstić information content (AvgIpc) is 2.87. The van der Waals surface area contributed by atoms with Gasteiger partial charge in [0.1, 0.15) is 18.0 Å². The molecule has 0 aromatic heterocycles. The zero-order valence-electron chi connectivity index (χ0n) is 17.9. The van der Waals surface area contributed by atoms with Crippen molar-refractivity contribution in [3.8, 4) is 0 Å². The zero-order valence-corrected chi connectivity index (χ0v) is 17.9. The van der Waals surface area contributed by atoms with E-state index in [1.54, 1.807) is 13.0 Å². The maximum Gasteiger partial charge on any atom is 0.342 e. The van der Waals surface area contributed by atoms with Crippen LogP contribution in [0, 0.1) is 0 Å². The standard InChI is InChI=1S/C22H28O8/c1-12(2)20(24)29-17-8-13(3)7-15(28-14(4)23)9-22(5,26)10-18-19(17)16(11-27-6)21(25)30-18/h7,10,15,17,26H,1,8-9,11H2,2-6H3. The van der Waals surface area contributed by atoms with Gasteiger partial charge in [-0.05, 0) is 32.9 Å². The monoisotopic (exact) mass is 420 g/mol. The number of rotatable bonds is 5. The minimum absolute atomic E-state index is 0.0480. The summed E-state index contributed by atoms with van der Waals surface area (Å²) in [7, 11) is 1.43. The van der Waals surface area contributed by atoms with E-state index in [-0.39, 0.29) is 36.4 Å². The van der Waals surface area contributed by atoms with E-state index in [0.29, 0.717) is 5.57 Å². The Bertz CT molecular complexity index is 843. The topological polar surface area (TPSA) is 108 Å². The molecule has 0 bridgehead atoms. The molecule has 1 N–H and O–H groups in total. The molecule has 0 radical (unpaired) electrons. The summed E-state index contributed by atoms with van der Waals surface area (Å²) < 4.78 is 21.5. The van der Waals surface area contributed by atoms with Gasteiger partial charge in [0, 0.05) is 38.0 Å². The van der Waals surface area contributed by atoms with E-state index < -0.39 is 35.7 Å². The van der Waals surface area contributed by atoms with Crippen LogP contribution in [0.2, 0.25) is 0 Å². The molecule has 0 amide bonds. The number of esters is 3. The highest BCUT2D eigenvalue weighted by molar-refractivity contribution is 5.95. The molecule has 1 aliphatic carbocycles. The van der Waals surface area contributed by atoms with Crippen molar-refractivity contribution < 1.29 is 38.4 Å². The fourth-order valence-electron chi connectivity index (χ4n) is 3.42. The third-order valence-electron chi connectivity index (χ3n) is 4.60. The lowest BCUT2D eigenvalue weighted by molar-refractivity contribution is -0.145. The summed E-state index contributed by atoms with van der Waals surface area (Å²) in [5, 5.41) is 10.9. The molecular formula is C22H28O8. The molecule has 3 atom stereocenters. The number of aliphatic hydroxyl groups is 1. The van der Waals surface area contributed by atoms with Crippen molar-refractivity contribution in [2.24, 2.45) is 0 Å². The number of hydrogen-bond acceptors (Lipinski definition) is 8. The van der Waals surface area contributed by atoms with E-state index >= 15 is 0 Å². The Kier molecular flexibility index (Phi) is 7.39. The first-order valence-electron chi connectivity index (χ1n) is 9.54. The molecule has 2 aliphatic rings. The summed E-state index contributed by atoms with van der Waals surface area (Å²) in [5.41, 5.74) is 0.00423. The zero-order chi connectivity index (χ0) is 22.6. The quantitative estimate of drug-likeness (QED) is 0.312. The van der Waals surface area contributed by atoms with Gasteiger partial charge in [-0.2, -0.15) is 0 Å². The predicted molar refractivity (Wildman–Crippen MR) is 107 cm³/mol. The molecule has 0 aromatic carbocycles. The summed E-state index contributed by atoms with van der Waals surface area (Å²) in [5.74, 6) is -1.67. The first-order valence-corrected chi connectivity index (χ1v) is 9.54. The van der Waals surface area contributed by atoms with Gasteiger partial charge < -0.3 is 24.1 Å². The largest absolute Gasteiger partial charge is 0.458 e. The van der Waals surface area contributed by atoms with Gasteiger partial charge in [0.25, 0.3) is 0 Å². The van der Waals surface area contributed by atoms with E-state index in [1.807, 2.05) is 0 Å². The molecule has 0 saturated heterocycles. The van der Waals surface area contributed by atoms with Gasteiger partial charge in [0.15, 0.2) is 0 Å². The Morgan fingerprint density at radius 1 is 1.33 bits per heavy atom. The van der Waals surface area contributed by atoms with Crippen LogP contribution in [0.25, 0.3) is 0 Å². The second-order valence-electron chi connectivity index (χ2n) is 7.82. The van der Waals surface area contributed by atoms with Crippen LogP contribution in [-0.2, 0) is 33.3 Å². The number of methoxy groups -OCH3 is 1. The smallest absolute Gasteiger partial charge is 0.342 e. The molecule has 8 nitrogen and oxygen atoms in total. The fraction of sp³-hybridized carbons (Fsp3) is 0.500. The Balaban J connectivity index is 2.63. The van der Waals surface area contributed by atoms with Crippen molar-refractivity contribution in [1.29, 1.82) is 0 Å². The Morgan fingerprint density at radius 3 is 2.57 bits per heavy atom. The van der Waals surface area contributed by atoms with Crippen molar-refractivity contribution >= 4 is 17.9 Å². The van der Waals surface area contributed by atoms with Crippen LogP contribution in [0.15, 0.2) is 46.8 Å². The van der Waals surface area contributed by atoms with Crippen LogP contribution in [-0.4, -0.2) is 54.5 Å². The SMILES string of the molecule is C=C(C)C(=O)OC1CC(C)=CC(OC(C)=O)CC(C)(O)C=C2OC(=O)C(COC)=C21. The van der Waals surface area contributed by atoms with Crippen LogP contribution in [0.5, 0.6) is 0 Å². The molecule has 8 heteroatoms. The molecular weight excluding hydrogens is 392 g/mol. The van der Waals surface area contributed by atoms with Crippen molar-refractivity contribution in [2.75, 3.05) is 13.7 Å². The van der Waals surface area contributed by atoms with Gasteiger partial charge in [0.2, 0.25) is 0 Å². The van der Waals surface area contributed by atoms with Gasteiger partial charge in [0.05, 0.1) is 17.8 Å². The van der Waals surface area contributed by atoms with Crippen LogP contribution >= 0.6 is 0 Å². The van der Waals surface area contributed by atoms with Gasteiger partial charge in [-0.15, -0.1) is 0 Å². The maximum absolute atomic E-state index is 12.5. The van der Waals surface area contributed by atoms with E-state index in [0.717, 1.165) is 5.57 Å². The van der Waals surface area contributed by atoms with Gasteiger partial charge in [-0.3, -0.25) is 4.79 Å². The molecule has 2 rings (SSSR count). The molecule has 0 fully saturated rings. The average molecular weight is 420 g/mol. The van der Waals surface area contributed by atoms with Gasteiger partial charge >= 0.3 is 17.9 Å². The highest BCUT2D eigenvalue weighted by Gasteiger charge is 2.39. The Morgan fingerprint density at radius 2 is 2.00 bits per heavy atom. The third-order valence-corrected chi connectivity index (χ3v) is 4.60. The molecule has 164 valence electrons. The molecule has 1 heterocycles. The van der Waals surface area contributed by atoms with E-state index in [2.05, 4.69) is 6.58 Å².